The number of carbonyl (C=O) groups excluding carboxylic acids is 1. The van der Waals surface area contributed by atoms with Crippen LogP contribution in [0, 0.1) is 0 Å². The molecular formula is C18H26N4O3. The zero-order valence-corrected chi connectivity index (χ0v) is 15.5. The van der Waals surface area contributed by atoms with Crippen molar-refractivity contribution in [2.45, 2.75) is 71.1 Å². The molecule has 3 rings (SSSR count). The van der Waals surface area contributed by atoms with E-state index >= 15 is 0 Å². The summed E-state index contributed by atoms with van der Waals surface area (Å²) in [5.41, 5.74) is -0.680. The molecule has 1 unspecified atom stereocenters. The van der Waals surface area contributed by atoms with Gasteiger partial charge >= 0.3 is 6.09 Å². The maximum Gasteiger partial charge on any atom is 0.411 e. The van der Waals surface area contributed by atoms with Crippen LogP contribution in [0.4, 0.5) is 4.79 Å². The number of hydrogen-bond acceptors (Lipinski definition) is 4. The van der Waals surface area contributed by atoms with Crippen LogP contribution in [-0.4, -0.2) is 36.7 Å². The van der Waals surface area contributed by atoms with Crippen molar-refractivity contribution in [3.63, 3.8) is 0 Å². The van der Waals surface area contributed by atoms with Crippen molar-refractivity contribution in [3.05, 3.63) is 34.5 Å². The van der Waals surface area contributed by atoms with Crippen molar-refractivity contribution in [2.75, 3.05) is 0 Å². The third kappa shape index (κ3) is 3.41. The molecule has 1 amide bonds. The smallest absolute Gasteiger partial charge is 0.411 e. The fraction of sp³-hybridized carbons (Fsp3) is 0.611. The molecule has 0 saturated carbocycles. The van der Waals surface area contributed by atoms with Crippen LogP contribution in [0.25, 0.3) is 5.52 Å². The second-order valence-corrected chi connectivity index (χ2v) is 8.25. The first kappa shape index (κ1) is 17.5. The third-order valence-corrected chi connectivity index (χ3v) is 4.55. The van der Waals surface area contributed by atoms with E-state index in [4.69, 9.17) is 4.74 Å². The number of carbonyl (C=O) groups is 1. The average Bonchev–Trinajstić information content (AvgIpc) is 2.92. The fourth-order valence-electron chi connectivity index (χ4n) is 3.45. The van der Waals surface area contributed by atoms with E-state index in [0.29, 0.717) is 11.3 Å². The molecule has 3 heterocycles. The summed E-state index contributed by atoms with van der Waals surface area (Å²) in [5.74, 6) is 0.493. The molecule has 1 N–H and O–H groups in total. The van der Waals surface area contributed by atoms with Crippen LogP contribution in [0.1, 0.15) is 65.7 Å². The number of piperidine rings is 1. The van der Waals surface area contributed by atoms with Crippen molar-refractivity contribution in [1.82, 2.24) is 19.5 Å². The van der Waals surface area contributed by atoms with Gasteiger partial charge in [0, 0.05) is 11.7 Å². The number of nitrogens with one attached hydrogen (secondary N) is 1. The molecule has 1 atom stereocenters. The maximum absolute atomic E-state index is 12.9. The lowest BCUT2D eigenvalue weighted by atomic mass is 9.86. The van der Waals surface area contributed by atoms with Gasteiger partial charge in [0.25, 0.3) is 5.56 Å². The molecule has 0 bridgehead atoms. The summed E-state index contributed by atoms with van der Waals surface area (Å²) in [6.07, 6.45) is 3.92. The van der Waals surface area contributed by atoms with Gasteiger partial charge in [0.05, 0.1) is 6.04 Å². The Hall–Kier alpha value is -2.31. The number of ether oxygens (including phenoxy) is 1. The summed E-state index contributed by atoms with van der Waals surface area (Å²) in [5, 5.41) is 4.53. The van der Waals surface area contributed by atoms with Gasteiger partial charge < -0.3 is 9.72 Å². The minimum Gasteiger partial charge on any atom is -0.444 e. The van der Waals surface area contributed by atoms with Crippen molar-refractivity contribution in [2.24, 2.45) is 0 Å². The Bertz CT molecular complexity index is 844. The average molecular weight is 346 g/mol. The number of H-pyrrole nitrogens is 1. The van der Waals surface area contributed by atoms with E-state index in [1.165, 1.54) is 0 Å². The Balaban J connectivity index is 2.04. The van der Waals surface area contributed by atoms with Gasteiger partial charge in [-0.05, 0) is 66.0 Å². The van der Waals surface area contributed by atoms with Crippen LogP contribution in [0.3, 0.4) is 0 Å². The monoisotopic (exact) mass is 346 g/mol. The summed E-state index contributed by atoms with van der Waals surface area (Å²) in [6, 6.07) is 3.17. The third-order valence-electron chi connectivity index (χ3n) is 4.55. The SMILES string of the molecule is CC(C)(C)OC(=O)N1C(c2nn3cccc3c(=O)[nH]2)CCCC1(C)C. The lowest BCUT2D eigenvalue weighted by Crippen LogP contribution is -2.54. The summed E-state index contributed by atoms with van der Waals surface area (Å²) < 4.78 is 7.19. The maximum atomic E-state index is 12.9. The quantitative estimate of drug-likeness (QED) is 0.859. The largest absolute Gasteiger partial charge is 0.444 e. The molecule has 0 aliphatic carbocycles. The highest BCUT2D eigenvalue weighted by Crippen LogP contribution is 2.39. The Morgan fingerprint density at radius 3 is 2.80 bits per heavy atom. The summed E-state index contributed by atoms with van der Waals surface area (Å²) in [6.45, 7) is 9.60. The number of likely N-dealkylation sites (tertiary alicyclic amines) is 1. The predicted molar refractivity (Wildman–Crippen MR) is 94.6 cm³/mol. The zero-order chi connectivity index (χ0) is 18.4. The van der Waals surface area contributed by atoms with Crippen LogP contribution in [0.15, 0.2) is 23.1 Å². The summed E-state index contributed by atoms with van der Waals surface area (Å²) in [4.78, 5) is 29.8. The molecule has 2 aromatic heterocycles. The molecule has 1 saturated heterocycles. The van der Waals surface area contributed by atoms with E-state index in [-0.39, 0.29) is 23.2 Å². The second-order valence-electron chi connectivity index (χ2n) is 8.25. The molecule has 7 nitrogen and oxygen atoms in total. The molecule has 1 aliphatic rings. The number of hydrogen-bond donors (Lipinski definition) is 1. The molecule has 136 valence electrons. The lowest BCUT2D eigenvalue weighted by molar-refractivity contribution is -0.0288. The second kappa shape index (κ2) is 5.89. The molecule has 0 radical (unpaired) electrons. The lowest BCUT2D eigenvalue weighted by Gasteiger charge is -2.47. The molecule has 0 aromatic carbocycles. The van der Waals surface area contributed by atoms with Crippen molar-refractivity contribution >= 4 is 11.6 Å². The van der Waals surface area contributed by atoms with Crippen molar-refractivity contribution in [1.29, 1.82) is 0 Å². The van der Waals surface area contributed by atoms with Crippen LogP contribution in [0.5, 0.6) is 0 Å². The van der Waals surface area contributed by atoms with E-state index in [1.807, 2.05) is 34.6 Å². The molecule has 25 heavy (non-hydrogen) atoms. The van der Waals surface area contributed by atoms with Gasteiger partial charge in [-0.3, -0.25) is 9.69 Å². The first-order valence-electron chi connectivity index (χ1n) is 8.68. The fourth-order valence-corrected chi connectivity index (χ4v) is 3.45. The van der Waals surface area contributed by atoms with E-state index in [9.17, 15) is 9.59 Å². The highest BCUT2D eigenvalue weighted by molar-refractivity contribution is 5.70. The Morgan fingerprint density at radius 1 is 1.40 bits per heavy atom. The molecular weight excluding hydrogens is 320 g/mol. The van der Waals surface area contributed by atoms with E-state index in [1.54, 1.807) is 27.7 Å². The van der Waals surface area contributed by atoms with Crippen molar-refractivity contribution < 1.29 is 9.53 Å². The van der Waals surface area contributed by atoms with Gasteiger partial charge in [-0.25, -0.2) is 9.31 Å². The van der Waals surface area contributed by atoms with Crippen LogP contribution < -0.4 is 5.56 Å². The minimum absolute atomic E-state index is 0.206. The number of aromatic nitrogens is 3. The standard InChI is InChI=1S/C18H26N4O3/c1-17(2,3)25-16(24)22-12(8-6-10-18(22,4)5)14-19-15(23)13-9-7-11-21(13)20-14/h7,9,11-12H,6,8,10H2,1-5H3,(H,19,20,23). The Kier molecular flexibility index (Phi) is 4.13. The van der Waals surface area contributed by atoms with Gasteiger partial charge in [-0.2, -0.15) is 5.10 Å². The van der Waals surface area contributed by atoms with Crippen LogP contribution in [-0.2, 0) is 4.74 Å². The Morgan fingerprint density at radius 2 is 2.12 bits per heavy atom. The summed E-state index contributed by atoms with van der Waals surface area (Å²) in [7, 11) is 0. The molecule has 2 aromatic rings. The molecule has 0 spiro atoms. The normalized spacial score (nSPS) is 20.7. The summed E-state index contributed by atoms with van der Waals surface area (Å²) >= 11 is 0. The first-order valence-corrected chi connectivity index (χ1v) is 8.68. The number of rotatable bonds is 1. The Labute approximate surface area is 147 Å². The van der Waals surface area contributed by atoms with E-state index in [2.05, 4.69) is 10.1 Å². The van der Waals surface area contributed by atoms with Crippen molar-refractivity contribution in [3.8, 4) is 0 Å². The van der Waals surface area contributed by atoms with Crippen LogP contribution >= 0.6 is 0 Å². The van der Waals surface area contributed by atoms with Gasteiger partial charge in [0.15, 0.2) is 5.82 Å². The molecule has 1 aliphatic heterocycles. The highest BCUT2D eigenvalue weighted by atomic mass is 16.6. The first-order chi connectivity index (χ1) is 11.6. The molecule has 1 fully saturated rings. The number of fused-ring (bicyclic) bond motifs is 1. The van der Waals surface area contributed by atoms with Crippen LogP contribution in [0.2, 0.25) is 0 Å². The van der Waals surface area contributed by atoms with E-state index < -0.39 is 5.60 Å². The minimum atomic E-state index is -0.583. The van der Waals surface area contributed by atoms with E-state index in [0.717, 1.165) is 19.3 Å². The number of nitrogens with zero attached hydrogens (tertiary/aromatic N) is 3. The number of amides is 1. The zero-order valence-electron chi connectivity index (χ0n) is 15.5. The predicted octanol–water partition coefficient (Wildman–Crippen LogP) is 3.26. The van der Waals surface area contributed by atoms with Gasteiger partial charge in [-0.1, -0.05) is 0 Å². The molecule has 7 heteroatoms. The van der Waals surface area contributed by atoms with Gasteiger partial charge in [0.2, 0.25) is 0 Å². The van der Waals surface area contributed by atoms with Gasteiger partial charge in [-0.15, -0.1) is 0 Å². The van der Waals surface area contributed by atoms with Gasteiger partial charge in [0.1, 0.15) is 11.1 Å². The number of aromatic amines is 1. The topological polar surface area (TPSA) is 79.7 Å². The highest BCUT2D eigenvalue weighted by Gasteiger charge is 2.43.